The van der Waals surface area contributed by atoms with Gasteiger partial charge in [-0.2, -0.15) is 0 Å². The SMILES string of the molecule is C=CCCN(C=C=C(C)C)S(=O)(=O)c1ccc([N+](=O)[O-])cc1. The van der Waals surface area contributed by atoms with E-state index in [1.807, 2.05) is 0 Å². The van der Waals surface area contributed by atoms with Crippen LogP contribution in [-0.4, -0.2) is 24.2 Å². The molecule has 1 rings (SSSR count). The van der Waals surface area contributed by atoms with Crippen molar-refractivity contribution >= 4 is 15.7 Å². The zero-order chi connectivity index (χ0) is 16.8. The third kappa shape index (κ3) is 4.58. The molecule has 22 heavy (non-hydrogen) atoms. The van der Waals surface area contributed by atoms with E-state index in [0.29, 0.717) is 6.42 Å². The molecule has 118 valence electrons. The van der Waals surface area contributed by atoms with E-state index in [1.165, 1.54) is 30.5 Å². The summed E-state index contributed by atoms with van der Waals surface area (Å²) in [5.74, 6) is 0. The van der Waals surface area contributed by atoms with Gasteiger partial charge in [0.15, 0.2) is 0 Å². The van der Waals surface area contributed by atoms with Gasteiger partial charge in [-0.3, -0.25) is 14.4 Å². The predicted octanol–water partition coefficient (Wildman–Crippen LogP) is 3.24. The average molecular weight is 322 g/mol. The molecule has 1 aromatic rings. The molecule has 0 aliphatic carbocycles. The first-order chi connectivity index (χ1) is 10.3. The van der Waals surface area contributed by atoms with Crippen molar-refractivity contribution in [3.63, 3.8) is 0 Å². The second kappa shape index (κ2) is 7.59. The van der Waals surface area contributed by atoms with E-state index in [0.717, 1.165) is 9.88 Å². The normalized spacial score (nSPS) is 10.5. The van der Waals surface area contributed by atoms with Crippen LogP contribution >= 0.6 is 0 Å². The number of nitrogens with zero attached hydrogens (tertiary/aromatic N) is 2. The van der Waals surface area contributed by atoms with Gasteiger partial charge in [0.05, 0.1) is 16.0 Å². The molecule has 0 fully saturated rings. The van der Waals surface area contributed by atoms with E-state index in [4.69, 9.17) is 0 Å². The lowest BCUT2D eigenvalue weighted by molar-refractivity contribution is -0.384. The van der Waals surface area contributed by atoms with Crippen LogP contribution in [-0.2, 0) is 10.0 Å². The molecule has 0 saturated carbocycles. The first-order valence-corrected chi connectivity index (χ1v) is 8.00. The van der Waals surface area contributed by atoms with Crippen LogP contribution in [0.1, 0.15) is 20.3 Å². The molecule has 6 nitrogen and oxygen atoms in total. The highest BCUT2D eigenvalue weighted by Gasteiger charge is 2.21. The second-order valence-electron chi connectivity index (χ2n) is 4.72. The van der Waals surface area contributed by atoms with Crippen molar-refractivity contribution in [2.24, 2.45) is 0 Å². The Balaban J connectivity index is 3.22. The standard InChI is InChI=1S/C15H18N2O4S/c1-4-5-11-16(12-10-13(2)3)22(20,21)15-8-6-14(7-9-15)17(18)19/h4,6-9,12H,1,5,11H2,2-3H3. The van der Waals surface area contributed by atoms with Gasteiger partial charge in [-0.25, -0.2) is 8.42 Å². The lowest BCUT2D eigenvalue weighted by Gasteiger charge is -2.18. The molecular weight excluding hydrogens is 304 g/mol. The summed E-state index contributed by atoms with van der Waals surface area (Å²) in [5.41, 5.74) is 3.54. The Morgan fingerprint density at radius 2 is 1.95 bits per heavy atom. The van der Waals surface area contributed by atoms with Crippen molar-refractivity contribution in [1.82, 2.24) is 4.31 Å². The van der Waals surface area contributed by atoms with Gasteiger partial charge in [-0.15, -0.1) is 12.3 Å². The number of allylic oxidation sites excluding steroid dienone is 1. The van der Waals surface area contributed by atoms with E-state index in [2.05, 4.69) is 12.3 Å². The lowest BCUT2D eigenvalue weighted by Crippen LogP contribution is -2.26. The molecule has 0 N–H and O–H groups in total. The molecular formula is C15H18N2O4S. The Morgan fingerprint density at radius 1 is 1.36 bits per heavy atom. The maximum Gasteiger partial charge on any atom is 0.269 e. The number of benzene rings is 1. The summed E-state index contributed by atoms with van der Waals surface area (Å²) >= 11 is 0. The van der Waals surface area contributed by atoms with Crippen LogP contribution in [0.2, 0.25) is 0 Å². The molecule has 0 saturated heterocycles. The van der Waals surface area contributed by atoms with Gasteiger partial charge in [-0.05, 0) is 38.0 Å². The van der Waals surface area contributed by atoms with E-state index in [9.17, 15) is 18.5 Å². The van der Waals surface area contributed by atoms with Crippen LogP contribution in [0, 0.1) is 10.1 Å². The Hall–Kier alpha value is -2.37. The minimum atomic E-state index is -3.78. The molecule has 0 aliphatic rings. The molecule has 0 aliphatic heterocycles. The Morgan fingerprint density at radius 3 is 2.41 bits per heavy atom. The van der Waals surface area contributed by atoms with Crippen LogP contribution in [0.15, 0.2) is 59.3 Å². The first kappa shape index (κ1) is 17.7. The van der Waals surface area contributed by atoms with E-state index in [-0.39, 0.29) is 17.1 Å². The number of rotatable bonds is 7. The summed E-state index contributed by atoms with van der Waals surface area (Å²) < 4.78 is 26.3. The minimum Gasteiger partial charge on any atom is -0.266 e. The molecule has 0 bridgehead atoms. The van der Waals surface area contributed by atoms with Crippen LogP contribution in [0.5, 0.6) is 0 Å². The molecule has 0 atom stereocenters. The zero-order valence-electron chi connectivity index (χ0n) is 12.5. The van der Waals surface area contributed by atoms with Gasteiger partial charge in [0.2, 0.25) is 0 Å². The van der Waals surface area contributed by atoms with Crippen molar-refractivity contribution < 1.29 is 13.3 Å². The summed E-state index contributed by atoms with van der Waals surface area (Å²) in [7, 11) is -3.78. The number of sulfonamides is 1. The van der Waals surface area contributed by atoms with E-state index < -0.39 is 14.9 Å². The molecule has 7 heteroatoms. The number of nitro benzene ring substituents is 1. The predicted molar refractivity (Wildman–Crippen MR) is 84.7 cm³/mol. The Bertz CT molecular complexity index is 710. The third-order valence-electron chi connectivity index (χ3n) is 2.70. The quantitative estimate of drug-likeness (QED) is 0.334. The fourth-order valence-electron chi connectivity index (χ4n) is 1.55. The monoisotopic (exact) mass is 322 g/mol. The summed E-state index contributed by atoms with van der Waals surface area (Å²) in [6.45, 7) is 7.42. The maximum absolute atomic E-state index is 12.6. The summed E-state index contributed by atoms with van der Waals surface area (Å²) in [6.07, 6.45) is 3.47. The van der Waals surface area contributed by atoms with Gasteiger partial charge < -0.3 is 0 Å². The van der Waals surface area contributed by atoms with Gasteiger partial charge in [-0.1, -0.05) is 6.08 Å². The number of hydrogen-bond donors (Lipinski definition) is 0. The summed E-state index contributed by atoms with van der Waals surface area (Å²) in [6, 6.07) is 4.79. The van der Waals surface area contributed by atoms with Crippen LogP contribution in [0.3, 0.4) is 0 Å². The number of hydrogen-bond acceptors (Lipinski definition) is 4. The van der Waals surface area contributed by atoms with Gasteiger partial charge in [0.1, 0.15) is 0 Å². The van der Waals surface area contributed by atoms with Gasteiger partial charge >= 0.3 is 0 Å². The fourth-order valence-corrected chi connectivity index (χ4v) is 2.84. The smallest absolute Gasteiger partial charge is 0.266 e. The Kier molecular flexibility index (Phi) is 6.10. The highest BCUT2D eigenvalue weighted by molar-refractivity contribution is 7.89. The lowest BCUT2D eigenvalue weighted by atomic mass is 10.3. The number of non-ortho nitro benzene ring substituents is 1. The minimum absolute atomic E-state index is 0.00558. The topological polar surface area (TPSA) is 80.5 Å². The molecule has 0 radical (unpaired) electrons. The highest BCUT2D eigenvalue weighted by Crippen LogP contribution is 2.20. The van der Waals surface area contributed by atoms with Gasteiger partial charge in [0, 0.05) is 18.7 Å². The van der Waals surface area contributed by atoms with Crippen molar-refractivity contribution in [2.75, 3.05) is 6.54 Å². The van der Waals surface area contributed by atoms with Crippen molar-refractivity contribution in [1.29, 1.82) is 0 Å². The molecule has 0 spiro atoms. The molecule has 0 unspecified atom stereocenters. The second-order valence-corrected chi connectivity index (χ2v) is 6.61. The molecule has 1 aromatic carbocycles. The number of nitro groups is 1. The Labute approximate surface area is 130 Å². The molecule has 0 aromatic heterocycles. The fraction of sp³-hybridized carbons (Fsp3) is 0.267. The maximum atomic E-state index is 12.6. The average Bonchev–Trinajstić information content (AvgIpc) is 2.46. The van der Waals surface area contributed by atoms with Gasteiger partial charge in [0.25, 0.3) is 15.7 Å². The zero-order valence-corrected chi connectivity index (χ0v) is 13.3. The van der Waals surface area contributed by atoms with E-state index >= 15 is 0 Å². The van der Waals surface area contributed by atoms with Crippen molar-refractivity contribution in [3.05, 3.63) is 64.5 Å². The third-order valence-corrected chi connectivity index (χ3v) is 4.48. The molecule has 0 heterocycles. The van der Waals surface area contributed by atoms with Crippen LogP contribution < -0.4 is 0 Å². The van der Waals surface area contributed by atoms with Crippen molar-refractivity contribution in [3.8, 4) is 0 Å². The molecule has 0 amide bonds. The first-order valence-electron chi connectivity index (χ1n) is 6.56. The van der Waals surface area contributed by atoms with Crippen LogP contribution in [0.4, 0.5) is 5.69 Å². The van der Waals surface area contributed by atoms with Crippen molar-refractivity contribution in [2.45, 2.75) is 25.2 Å². The summed E-state index contributed by atoms with van der Waals surface area (Å²) in [4.78, 5) is 10.1. The van der Waals surface area contributed by atoms with E-state index in [1.54, 1.807) is 19.9 Å². The van der Waals surface area contributed by atoms with Crippen LogP contribution in [0.25, 0.3) is 0 Å². The highest BCUT2D eigenvalue weighted by atomic mass is 32.2. The summed E-state index contributed by atoms with van der Waals surface area (Å²) in [5, 5.41) is 10.6. The largest absolute Gasteiger partial charge is 0.269 e.